The first-order valence-corrected chi connectivity index (χ1v) is 7.53. The Balaban J connectivity index is 1.56. The summed E-state index contributed by atoms with van der Waals surface area (Å²) in [5.41, 5.74) is 3.31. The lowest BCUT2D eigenvalue weighted by atomic mass is 10.1. The Morgan fingerprint density at radius 3 is 2.85 bits per heavy atom. The van der Waals surface area contributed by atoms with E-state index >= 15 is 0 Å². The third-order valence-corrected chi connectivity index (χ3v) is 4.24. The molecule has 0 amide bonds. The van der Waals surface area contributed by atoms with Crippen LogP contribution in [-0.4, -0.2) is 15.0 Å². The number of imidazole rings is 1. The van der Waals surface area contributed by atoms with Crippen LogP contribution in [0.15, 0.2) is 47.8 Å². The number of hydrogen-bond acceptors (Lipinski definition) is 3. The summed E-state index contributed by atoms with van der Waals surface area (Å²) in [6, 6.07) is 14.5. The first kappa shape index (κ1) is 11.6. The van der Waals surface area contributed by atoms with E-state index in [-0.39, 0.29) is 0 Å². The maximum Gasteiger partial charge on any atom is 0.141 e. The summed E-state index contributed by atoms with van der Waals surface area (Å²) in [5, 5.41) is 3.25. The van der Waals surface area contributed by atoms with Crippen LogP contribution < -0.4 is 0 Å². The van der Waals surface area contributed by atoms with Gasteiger partial charge < -0.3 is 4.98 Å². The molecule has 1 aromatic carbocycles. The molecule has 0 aliphatic heterocycles. The van der Waals surface area contributed by atoms with E-state index in [0.717, 1.165) is 40.2 Å². The van der Waals surface area contributed by atoms with Gasteiger partial charge in [0.15, 0.2) is 0 Å². The second kappa shape index (κ2) is 4.72. The van der Waals surface area contributed by atoms with Crippen LogP contribution in [0.25, 0.3) is 21.3 Å². The van der Waals surface area contributed by atoms with E-state index in [0.29, 0.717) is 0 Å². The van der Waals surface area contributed by atoms with Crippen LogP contribution in [0, 0.1) is 0 Å². The van der Waals surface area contributed by atoms with Crippen molar-refractivity contribution < 1.29 is 0 Å². The Hall–Kier alpha value is -2.20. The molecule has 0 fully saturated rings. The quantitative estimate of drug-likeness (QED) is 0.617. The molecule has 1 N–H and O–H groups in total. The predicted molar refractivity (Wildman–Crippen MR) is 83.1 cm³/mol. The number of aryl methyl sites for hydroxylation is 2. The van der Waals surface area contributed by atoms with E-state index in [4.69, 9.17) is 4.98 Å². The zero-order valence-electron chi connectivity index (χ0n) is 10.8. The van der Waals surface area contributed by atoms with E-state index in [1.165, 1.54) is 5.39 Å². The van der Waals surface area contributed by atoms with E-state index < -0.39 is 0 Å². The molecule has 0 saturated carbocycles. The van der Waals surface area contributed by atoms with Crippen LogP contribution in [0.4, 0.5) is 0 Å². The highest BCUT2D eigenvalue weighted by atomic mass is 32.1. The lowest BCUT2D eigenvalue weighted by molar-refractivity contribution is 0.866. The van der Waals surface area contributed by atoms with Crippen molar-refractivity contribution in [3.05, 3.63) is 59.4 Å². The third kappa shape index (κ3) is 2.08. The van der Waals surface area contributed by atoms with Crippen molar-refractivity contribution >= 4 is 32.6 Å². The van der Waals surface area contributed by atoms with Crippen molar-refractivity contribution in [1.29, 1.82) is 0 Å². The van der Waals surface area contributed by atoms with Gasteiger partial charge in [-0.2, -0.15) is 0 Å². The second-order valence-corrected chi connectivity index (χ2v) is 5.71. The minimum Gasteiger partial charge on any atom is -0.341 e. The number of hydrogen-bond donors (Lipinski definition) is 1. The maximum atomic E-state index is 4.69. The fourth-order valence-corrected chi connectivity index (χ4v) is 3.14. The van der Waals surface area contributed by atoms with E-state index in [9.17, 15) is 0 Å². The van der Waals surface area contributed by atoms with Gasteiger partial charge in [-0.15, -0.1) is 11.3 Å². The number of aromatic nitrogens is 3. The number of rotatable bonds is 3. The topological polar surface area (TPSA) is 41.6 Å². The van der Waals surface area contributed by atoms with Crippen molar-refractivity contribution in [2.75, 3.05) is 0 Å². The summed E-state index contributed by atoms with van der Waals surface area (Å²) in [6.07, 6.45) is 1.80. The SMILES string of the molecule is c1ccc2nc(CCc3nc4sccc4[nH]3)ccc2c1. The molecule has 0 unspecified atom stereocenters. The van der Waals surface area contributed by atoms with E-state index in [2.05, 4.69) is 45.7 Å². The summed E-state index contributed by atoms with van der Waals surface area (Å²) in [7, 11) is 0. The smallest absolute Gasteiger partial charge is 0.141 e. The molecule has 0 spiro atoms. The Kier molecular flexibility index (Phi) is 2.74. The maximum absolute atomic E-state index is 4.69. The average molecular weight is 279 g/mol. The number of nitrogens with zero attached hydrogens (tertiary/aromatic N) is 2. The number of aromatic amines is 1. The molecule has 0 bridgehead atoms. The highest BCUT2D eigenvalue weighted by molar-refractivity contribution is 7.16. The third-order valence-electron chi connectivity index (χ3n) is 3.43. The van der Waals surface area contributed by atoms with Gasteiger partial charge in [0.05, 0.1) is 11.0 Å². The fourth-order valence-electron chi connectivity index (χ4n) is 2.40. The molecule has 4 heteroatoms. The van der Waals surface area contributed by atoms with Gasteiger partial charge in [-0.3, -0.25) is 4.98 Å². The van der Waals surface area contributed by atoms with Gasteiger partial charge in [0.25, 0.3) is 0 Å². The number of benzene rings is 1. The zero-order chi connectivity index (χ0) is 13.4. The molecule has 98 valence electrons. The minimum atomic E-state index is 0.896. The molecule has 3 aromatic heterocycles. The van der Waals surface area contributed by atoms with E-state index in [1.54, 1.807) is 11.3 Å². The molecule has 4 rings (SSSR count). The zero-order valence-corrected chi connectivity index (χ0v) is 11.7. The second-order valence-electron chi connectivity index (χ2n) is 4.82. The molecule has 3 heterocycles. The fraction of sp³-hybridized carbons (Fsp3) is 0.125. The summed E-state index contributed by atoms with van der Waals surface area (Å²) < 4.78 is 0. The molecule has 4 aromatic rings. The summed E-state index contributed by atoms with van der Waals surface area (Å²) >= 11 is 1.67. The number of H-pyrrole nitrogens is 1. The van der Waals surface area contributed by atoms with Gasteiger partial charge in [0.1, 0.15) is 10.7 Å². The van der Waals surface area contributed by atoms with Gasteiger partial charge >= 0.3 is 0 Å². The Bertz CT molecular complexity index is 847. The number of fused-ring (bicyclic) bond motifs is 2. The van der Waals surface area contributed by atoms with Crippen LogP contribution in [0.2, 0.25) is 0 Å². The van der Waals surface area contributed by atoms with Gasteiger partial charge in [-0.1, -0.05) is 24.3 Å². The first-order valence-electron chi connectivity index (χ1n) is 6.65. The van der Waals surface area contributed by atoms with Gasteiger partial charge in [-0.25, -0.2) is 4.98 Å². The van der Waals surface area contributed by atoms with Crippen molar-refractivity contribution in [2.24, 2.45) is 0 Å². The lowest BCUT2D eigenvalue weighted by Crippen LogP contribution is -1.96. The highest BCUT2D eigenvalue weighted by Crippen LogP contribution is 2.18. The molecule has 0 radical (unpaired) electrons. The molecule has 0 aliphatic rings. The Morgan fingerprint density at radius 1 is 0.950 bits per heavy atom. The highest BCUT2D eigenvalue weighted by Gasteiger charge is 2.05. The summed E-state index contributed by atoms with van der Waals surface area (Å²) in [6.45, 7) is 0. The first-order chi connectivity index (χ1) is 9.88. The number of para-hydroxylation sites is 1. The molecule has 20 heavy (non-hydrogen) atoms. The number of thiophene rings is 1. The van der Waals surface area contributed by atoms with Crippen LogP contribution in [0.3, 0.4) is 0 Å². The van der Waals surface area contributed by atoms with E-state index in [1.807, 2.05) is 12.1 Å². The van der Waals surface area contributed by atoms with Crippen molar-refractivity contribution in [2.45, 2.75) is 12.8 Å². The normalized spacial score (nSPS) is 11.4. The monoisotopic (exact) mass is 279 g/mol. The standard InChI is InChI=1S/C16H13N3S/c1-2-4-13-11(3-1)5-6-12(17-13)7-8-15-18-14-9-10-20-16(14)19-15/h1-6,9-10H,7-8H2,(H,18,19). The molecule has 0 saturated heterocycles. The lowest BCUT2D eigenvalue weighted by Gasteiger charge is -2.01. The molecule has 0 aliphatic carbocycles. The number of nitrogens with one attached hydrogen (secondary N) is 1. The van der Waals surface area contributed by atoms with Crippen molar-refractivity contribution in [1.82, 2.24) is 15.0 Å². The Morgan fingerprint density at radius 2 is 1.90 bits per heavy atom. The summed E-state index contributed by atoms with van der Waals surface area (Å²) in [5.74, 6) is 1.04. The van der Waals surface area contributed by atoms with Crippen LogP contribution in [0.5, 0.6) is 0 Å². The van der Waals surface area contributed by atoms with Crippen LogP contribution >= 0.6 is 11.3 Å². The Labute approximate surface area is 120 Å². The molecule has 3 nitrogen and oxygen atoms in total. The molecular formula is C16H13N3S. The molecular weight excluding hydrogens is 266 g/mol. The van der Waals surface area contributed by atoms with Crippen LogP contribution in [-0.2, 0) is 12.8 Å². The van der Waals surface area contributed by atoms with Gasteiger partial charge in [0.2, 0.25) is 0 Å². The van der Waals surface area contributed by atoms with Crippen LogP contribution in [0.1, 0.15) is 11.5 Å². The average Bonchev–Trinajstić information content (AvgIpc) is 3.06. The predicted octanol–water partition coefficient (Wildman–Crippen LogP) is 3.96. The summed E-state index contributed by atoms with van der Waals surface area (Å²) in [4.78, 5) is 13.7. The minimum absolute atomic E-state index is 0.896. The van der Waals surface area contributed by atoms with Gasteiger partial charge in [0, 0.05) is 17.5 Å². The van der Waals surface area contributed by atoms with Gasteiger partial charge in [-0.05, 0) is 30.0 Å². The van der Waals surface area contributed by atoms with Crippen molar-refractivity contribution in [3.8, 4) is 0 Å². The number of pyridine rings is 1. The van der Waals surface area contributed by atoms with Crippen molar-refractivity contribution in [3.63, 3.8) is 0 Å². The largest absolute Gasteiger partial charge is 0.341 e. The molecule has 0 atom stereocenters.